The lowest BCUT2D eigenvalue weighted by Crippen LogP contribution is -2.36. The van der Waals surface area contributed by atoms with Crippen molar-refractivity contribution in [2.75, 3.05) is 19.7 Å². The van der Waals surface area contributed by atoms with E-state index in [0.29, 0.717) is 6.61 Å². The van der Waals surface area contributed by atoms with Crippen molar-refractivity contribution in [1.29, 1.82) is 0 Å². The summed E-state index contributed by atoms with van der Waals surface area (Å²) >= 11 is 1.66. The van der Waals surface area contributed by atoms with Crippen molar-refractivity contribution in [3.8, 4) is 11.3 Å². The Kier molecular flexibility index (Phi) is 7.96. The van der Waals surface area contributed by atoms with Crippen LogP contribution in [-0.4, -0.2) is 62.1 Å². The first-order chi connectivity index (χ1) is 15.4. The second kappa shape index (κ2) is 10.9. The first kappa shape index (κ1) is 23.4. The number of likely N-dealkylation sites (tertiary alicyclic amines) is 1. The fraction of sp³-hybridized carbons (Fsp3) is 0.364. The van der Waals surface area contributed by atoms with Crippen LogP contribution in [0.15, 0.2) is 41.9 Å². The Bertz CT molecular complexity index is 1060. The van der Waals surface area contributed by atoms with Gasteiger partial charge in [-0.15, -0.1) is 11.3 Å². The number of rotatable bonds is 5. The standard InChI is InChI=1S/C20H23N3O2S.C2H2O4/c1-2-25-19(24)16-8-10-22(11-9-16)14-17-18(15-6-4-3-5-7-15)21-20-23(17)12-13-26-20;3-1(4)2(5)6/h3-7,12-13,16H,2,8-11,14H2,1H3;(H,3,4)(H,5,6). The van der Waals surface area contributed by atoms with Gasteiger partial charge in [-0.1, -0.05) is 30.3 Å². The Balaban J connectivity index is 0.000000427. The number of aromatic nitrogens is 2. The van der Waals surface area contributed by atoms with E-state index in [2.05, 4.69) is 45.1 Å². The number of fused-ring (bicyclic) bond motifs is 1. The van der Waals surface area contributed by atoms with E-state index in [1.807, 2.05) is 13.0 Å². The number of ether oxygens (including phenoxy) is 1. The van der Waals surface area contributed by atoms with E-state index in [0.717, 1.165) is 48.7 Å². The van der Waals surface area contributed by atoms with Gasteiger partial charge in [0.15, 0.2) is 4.96 Å². The molecule has 0 unspecified atom stereocenters. The number of thiazole rings is 1. The van der Waals surface area contributed by atoms with Gasteiger partial charge in [0.2, 0.25) is 0 Å². The molecule has 1 fully saturated rings. The van der Waals surface area contributed by atoms with Gasteiger partial charge in [-0.3, -0.25) is 14.1 Å². The average Bonchev–Trinajstić information content (AvgIpc) is 3.38. The highest BCUT2D eigenvalue weighted by Crippen LogP contribution is 2.29. The largest absolute Gasteiger partial charge is 0.473 e. The Morgan fingerprint density at radius 3 is 2.38 bits per heavy atom. The van der Waals surface area contributed by atoms with Crippen molar-refractivity contribution >= 4 is 34.2 Å². The van der Waals surface area contributed by atoms with E-state index < -0.39 is 11.9 Å². The Morgan fingerprint density at radius 2 is 1.78 bits per heavy atom. The van der Waals surface area contributed by atoms with Crippen molar-refractivity contribution in [2.45, 2.75) is 26.3 Å². The van der Waals surface area contributed by atoms with E-state index >= 15 is 0 Å². The van der Waals surface area contributed by atoms with Gasteiger partial charge in [-0.05, 0) is 32.9 Å². The van der Waals surface area contributed by atoms with Crippen LogP contribution >= 0.6 is 11.3 Å². The van der Waals surface area contributed by atoms with Crippen LogP contribution < -0.4 is 0 Å². The van der Waals surface area contributed by atoms with E-state index in [4.69, 9.17) is 29.5 Å². The monoisotopic (exact) mass is 459 g/mol. The van der Waals surface area contributed by atoms with Crippen LogP contribution in [-0.2, 0) is 25.7 Å². The quantitative estimate of drug-likeness (QED) is 0.441. The molecule has 0 radical (unpaired) electrons. The second-order valence-electron chi connectivity index (χ2n) is 7.24. The number of hydrogen-bond acceptors (Lipinski definition) is 7. The predicted molar refractivity (Wildman–Crippen MR) is 118 cm³/mol. The molecule has 0 saturated carbocycles. The highest BCUT2D eigenvalue weighted by atomic mass is 32.1. The maximum absolute atomic E-state index is 11.9. The Morgan fingerprint density at radius 1 is 1.12 bits per heavy atom. The van der Waals surface area contributed by atoms with E-state index in [-0.39, 0.29) is 11.9 Å². The third-order valence-electron chi connectivity index (χ3n) is 5.17. The predicted octanol–water partition coefficient (Wildman–Crippen LogP) is 2.99. The van der Waals surface area contributed by atoms with Gasteiger partial charge in [0.1, 0.15) is 0 Å². The molecule has 2 N–H and O–H groups in total. The van der Waals surface area contributed by atoms with Gasteiger partial charge >= 0.3 is 17.9 Å². The molecule has 0 aliphatic carbocycles. The molecule has 170 valence electrons. The van der Waals surface area contributed by atoms with Crippen LogP contribution in [0.25, 0.3) is 16.2 Å². The van der Waals surface area contributed by atoms with Crippen molar-refractivity contribution < 1.29 is 29.3 Å². The zero-order valence-electron chi connectivity index (χ0n) is 17.6. The first-order valence-corrected chi connectivity index (χ1v) is 11.1. The molecule has 9 nitrogen and oxygen atoms in total. The minimum absolute atomic E-state index is 0.0401. The van der Waals surface area contributed by atoms with Gasteiger partial charge in [0.05, 0.1) is 23.9 Å². The maximum atomic E-state index is 11.9. The van der Waals surface area contributed by atoms with Gasteiger partial charge in [-0.2, -0.15) is 0 Å². The minimum Gasteiger partial charge on any atom is -0.473 e. The van der Waals surface area contributed by atoms with Crippen molar-refractivity contribution in [3.63, 3.8) is 0 Å². The summed E-state index contributed by atoms with van der Waals surface area (Å²) in [6.45, 7) is 5.00. The highest BCUT2D eigenvalue weighted by Gasteiger charge is 2.27. The Labute approximate surface area is 188 Å². The molecule has 4 rings (SSSR count). The molecule has 0 amide bonds. The summed E-state index contributed by atoms with van der Waals surface area (Å²) in [4.78, 5) is 38.5. The number of carboxylic acids is 2. The molecule has 0 bridgehead atoms. The lowest BCUT2D eigenvalue weighted by molar-refractivity contribution is -0.159. The zero-order valence-corrected chi connectivity index (χ0v) is 18.5. The van der Waals surface area contributed by atoms with Crippen LogP contribution in [0.4, 0.5) is 0 Å². The molecule has 1 aliphatic rings. The summed E-state index contributed by atoms with van der Waals surface area (Å²) in [5.74, 6) is -3.64. The number of carbonyl (C=O) groups is 3. The lowest BCUT2D eigenvalue weighted by atomic mass is 9.97. The molecule has 1 aromatic carbocycles. The third kappa shape index (κ3) is 5.71. The summed E-state index contributed by atoms with van der Waals surface area (Å²) < 4.78 is 7.38. The SMILES string of the molecule is CCOC(=O)C1CCN(Cc2c(-c3ccccc3)nc3sccn23)CC1.O=C(O)C(=O)O. The van der Waals surface area contributed by atoms with Gasteiger partial charge in [0, 0.05) is 23.7 Å². The summed E-state index contributed by atoms with van der Waals surface area (Å²) in [7, 11) is 0. The van der Waals surface area contributed by atoms with Crippen molar-refractivity contribution in [1.82, 2.24) is 14.3 Å². The number of piperidine rings is 1. The van der Waals surface area contributed by atoms with Crippen LogP contribution in [0.5, 0.6) is 0 Å². The fourth-order valence-corrected chi connectivity index (χ4v) is 4.34. The molecule has 1 aliphatic heterocycles. The van der Waals surface area contributed by atoms with Crippen LogP contribution in [0, 0.1) is 5.92 Å². The molecule has 3 heterocycles. The first-order valence-electron chi connectivity index (χ1n) is 10.3. The van der Waals surface area contributed by atoms with Crippen LogP contribution in [0.2, 0.25) is 0 Å². The summed E-state index contributed by atoms with van der Waals surface area (Å²) in [5.41, 5.74) is 3.44. The zero-order chi connectivity index (χ0) is 23.1. The van der Waals surface area contributed by atoms with Gasteiger partial charge in [-0.25, -0.2) is 14.6 Å². The van der Waals surface area contributed by atoms with Crippen molar-refractivity contribution in [3.05, 3.63) is 47.6 Å². The molecule has 2 aromatic heterocycles. The summed E-state index contributed by atoms with van der Waals surface area (Å²) in [6, 6.07) is 10.4. The van der Waals surface area contributed by atoms with Crippen molar-refractivity contribution in [2.24, 2.45) is 5.92 Å². The number of carbonyl (C=O) groups excluding carboxylic acids is 1. The number of carboxylic acid groups (broad SMARTS) is 2. The topological polar surface area (TPSA) is 121 Å². The molecular formula is C22H25N3O6S. The fourth-order valence-electron chi connectivity index (χ4n) is 3.61. The van der Waals surface area contributed by atoms with E-state index in [1.165, 1.54) is 5.69 Å². The third-order valence-corrected chi connectivity index (χ3v) is 5.93. The summed E-state index contributed by atoms with van der Waals surface area (Å²) in [6.07, 6.45) is 3.83. The maximum Gasteiger partial charge on any atom is 0.414 e. The molecule has 1 saturated heterocycles. The van der Waals surface area contributed by atoms with Gasteiger partial charge < -0.3 is 14.9 Å². The number of imidazole rings is 1. The number of aliphatic carboxylic acids is 2. The molecule has 0 atom stereocenters. The number of hydrogen-bond donors (Lipinski definition) is 2. The Hall–Kier alpha value is -3.24. The van der Waals surface area contributed by atoms with E-state index in [9.17, 15) is 4.79 Å². The molecular weight excluding hydrogens is 434 g/mol. The lowest BCUT2D eigenvalue weighted by Gasteiger charge is -2.30. The smallest absolute Gasteiger partial charge is 0.414 e. The summed E-state index contributed by atoms with van der Waals surface area (Å²) in [5, 5.41) is 16.9. The normalized spacial score (nSPS) is 14.5. The average molecular weight is 460 g/mol. The highest BCUT2D eigenvalue weighted by molar-refractivity contribution is 7.15. The molecule has 0 spiro atoms. The molecule has 3 aromatic rings. The minimum atomic E-state index is -1.82. The number of nitrogens with zero attached hydrogens (tertiary/aromatic N) is 3. The number of benzene rings is 1. The van der Waals surface area contributed by atoms with Crippen LogP contribution in [0.1, 0.15) is 25.5 Å². The molecule has 10 heteroatoms. The number of esters is 1. The van der Waals surface area contributed by atoms with Crippen LogP contribution in [0.3, 0.4) is 0 Å². The van der Waals surface area contributed by atoms with E-state index in [1.54, 1.807) is 11.3 Å². The molecule has 32 heavy (non-hydrogen) atoms. The van der Waals surface area contributed by atoms with Gasteiger partial charge in [0.25, 0.3) is 0 Å². The second-order valence-corrected chi connectivity index (χ2v) is 8.11.